The van der Waals surface area contributed by atoms with Crippen molar-refractivity contribution in [3.63, 3.8) is 0 Å². The van der Waals surface area contributed by atoms with Crippen molar-refractivity contribution in [2.45, 2.75) is 12.5 Å². The summed E-state index contributed by atoms with van der Waals surface area (Å²) in [5.74, 6) is 1.52. The van der Waals surface area contributed by atoms with E-state index in [0.29, 0.717) is 19.1 Å². The Bertz CT molecular complexity index is 358. The topological polar surface area (TPSA) is 44.7 Å². The highest BCUT2D eigenvalue weighted by molar-refractivity contribution is 5.20. The predicted octanol–water partition coefficient (Wildman–Crippen LogP) is 0.968. The van der Waals surface area contributed by atoms with Crippen molar-refractivity contribution in [2.75, 3.05) is 39.8 Å². The van der Waals surface area contributed by atoms with Crippen LogP contribution in [0.15, 0.2) is 30.3 Å². The fourth-order valence-corrected chi connectivity index (χ4v) is 2.42. The largest absolute Gasteiger partial charge is 0.491 e. The minimum absolute atomic E-state index is 0.335. The molecule has 1 aromatic rings. The summed E-state index contributed by atoms with van der Waals surface area (Å²) >= 11 is 0. The lowest BCUT2D eigenvalue weighted by atomic mass is 10.1. The van der Waals surface area contributed by atoms with Crippen molar-refractivity contribution < 1.29 is 9.84 Å². The van der Waals surface area contributed by atoms with E-state index < -0.39 is 6.10 Å². The number of hydrogen-bond donors (Lipinski definition) is 2. The molecule has 2 atom stereocenters. The first kappa shape index (κ1) is 14.3. The lowest BCUT2D eigenvalue weighted by Gasteiger charge is -2.15. The Morgan fingerprint density at radius 3 is 2.89 bits per heavy atom. The van der Waals surface area contributed by atoms with E-state index in [1.54, 1.807) is 0 Å². The number of likely N-dealkylation sites (tertiary alicyclic amines) is 1. The molecule has 1 aliphatic heterocycles. The Hall–Kier alpha value is -1.10. The van der Waals surface area contributed by atoms with Gasteiger partial charge in [0.2, 0.25) is 0 Å². The number of hydrogen-bond acceptors (Lipinski definition) is 4. The van der Waals surface area contributed by atoms with Gasteiger partial charge in [0.1, 0.15) is 18.5 Å². The van der Waals surface area contributed by atoms with Gasteiger partial charge >= 0.3 is 0 Å². The molecule has 0 spiro atoms. The average Bonchev–Trinajstić information content (AvgIpc) is 2.83. The van der Waals surface area contributed by atoms with Gasteiger partial charge in [-0.2, -0.15) is 0 Å². The van der Waals surface area contributed by atoms with E-state index >= 15 is 0 Å². The van der Waals surface area contributed by atoms with Gasteiger partial charge in [-0.1, -0.05) is 18.2 Å². The Kier molecular flexibility index (Phi) is 5.63. The summed E-state index contributed by atoms with van der Waals surface area (Å²) in [4.78, 5) is 2.35. The maximum atomic E-state index is 9.84. The molecule has 19 heavy (non-hydrogen) atoms. The van der Waals surface area contributed by atoms with Crippen LogP contribution in [0, 0.1) is 5.92 Å². The molecule has 1 saturated heterocycles. The van der Waals surface area contributed by atoms with Gasteiger partial charge in [-0.25, -0.2) is 0 Å². The molecule has 2 unspecified atom stereocenters. The standard InChI is InChI=1S/C15H24N2O2/c1-17-8-7-13(11-17)9-16-10-14(18)12-19-15-5-3-2-4-6-15/h2-6,13-14,16,18H,7-12H2,1H3. The number of nitrogens with zero attached hydrogens (tertiary/aromatic N) is 1. The SMILES string of the molecule is CN1CCC(CNCC(O)COc2ccccc2)C1. The third-order valence-corrected chi connectivity index (χ3v) is 3.49. The molecule has 106 valence electrons. The fraction of sp³-hybridized carbons (Fsp3) is 0.600. The van der Waals surface area contributed by atoms with Gasteiger partial charge in [0.05, 0.1) is 0 Å². The summed E-state index contributed by atoms with van der Waals surface area (Å²) in [5.41, 5.74) is 0. The Morgan fingerprint density at radius 2 is 2.21 bits per heavy atom. The van der Waals surface area contributed by atoms with E-state index in [9.17, 15) is 5.11 Å². The first-order valence-corrected chi connectivity index (χ1v) is 6.99. The van der Waals surface area contributed by atoms with Crippen LogP contribution in [0.1, 0.15) is 6.42 Å². The first-order valence-electron chi connectivity index (χ1n) is 6.99. The van der Waals surface area contributed by atoms with Crippen molar-refractivity contribution in [3.05, 3.63) is 30.3 Å². The number of benzene rings is 1. The van der Waals surface area contributed by atoms with Gasteiger partial charge in [-0.05, 0) is 44.6 Å². The highest BCUT2D eigenvalue weighted by Gasteiger charge is 2.19. The molecule has 0 bridgehead atoms. The maximum absolute atomic E-state index is 9.84. The minimum atomic E-state index is -0.459. The molecule has 0 saturated carbocycles. The second-order valence-electron chi connectivity index (χ2n) is 5.35. The molecular formula is C15H24N2O2. The van der Waals surface area contributed by atoms with Crippen molar-refractivity contribution in [3.8, 4) is 5.75 Å². The second-order valence-corrected chi connectivity index (χ2v) is 5.35. The molecule has 1 aliphatic rings. The highest BCUT2D eigenvalue weighted by atomic mass is 16.5. The van der Waals surface area contributed by atoms with Gasteiger partial charge in [-0.15, -0.1) is 0 Å². The maximum Gasteiger partial charge on any atom is 0.119 e. The number of para-hydroxylation sites is 1. The molecule has 2 N–H and O–H groups in total. The number of aliphatic hydroxyl groups is 1. The second kappa shape index (κ2) is 7.48. The van der Waals surface area contributed by atoms with Crippen LogP contribution < -0.4 is 10.1 Å². The normalized spacial score (nSPS) is 21.5. The van der Waals surface area contributed by atoms with E-state index in [4.69, 9.17) is 4.74 Å². The monoisotopic (exact) mass is 264 g/mol. The summed E-state index contributed by atoms with van der Waals surface area (Å²) in [6, 6.07) is 9.60. The van der Waals surface area contributed by atoms with Gasteiger partial charge in [0, 0.05) is 13.1 Å². The third-order valence-electron chi connectivity index (χ3n) is 3.49. The average molecular weight is 264 g/mol. The number of aliphatic hydroxyl groups excluding tert-OH is 1. The molecular weight excluding hydrogens is 240 g/mol. The van der Waals surface area contributed by atoms with E-state index in [0.717, 1.165) is 18.8 Å². The third kappa shape index (κ3) is 5.19. The van der Waals surface area contributed by atoms with Crippen LogP contribution in [-0.2, 0) is 0 Å². The van der Waals surface area contributed by atoms with Crippen LogP contribution in [0.4, 0.5) is 0 Å². The van der Waals surface area contributed by atoms with Crippen LogP contribution in [0.2, 0.25) is 0 Å². The Morgan fingerprint density at radius 1 is 1.42 bits per heavy atom. The van der Waals surface area contributed by atoms with Gasteiger partial charge in [0.15, 0.2) is 0 Å². The lowest BCUT2D eigenvalue weighted by molar-refractivity contribution is 0.105. The van der Waals surface area contributed by atoms with Gasteiger partial charge < -0.3 is 20.1 Å². The highest BCUT2D eigenvalue weighted by Crippen LogP contribution is 2.12. The van der Waals surface area contributed by atoms with Crippen molar-refractivity contribution in [1.29, 1.82) is 0 Å². The van der Waals surface area contributed by atoms with Crippen LogP contribution in [-0.4, -0.2) is 55.9 Å². The number of rotatable bonds is 7. The summed E-state index contributed by atoms with van der Waals surface area (Å²) in [6.45, 7) is 4.25. The first-order chi connectivity index (χ1) is 9.24. The molecule has 1 heterocycles. The lowest BCUT2D eigenvalue weighted by Crippen LogP contribution is -2.34. The summed E-state index contributed by atoms with van der Waals surface area (Å²) < 4.78 is 5.51. The summed E-state index contributed by atoms with van der Waals surface area (Å²) in [7, 11) is 2.16. The molecule has 4 heteroatoms. The van der Waals surface area contributed by atoms with Crippen LogP contribution in [0.5, 0.6) is 5.75 Å². The number of nitrogens with one attached hydrogen (secondary N) is 1. The Labute approximate surface area is 115 Å². The number of ether oxygens (including phenoxy) is 1. The quantitative estimate of drug-likeness (QED) is 0.770. The molecule has 0 aromatic heterocycles. The molecule has 2 rings (SSSR count). The molecule has 0 amide bonds. The molecule has 1 aromatic carbocycles. The Balaban J connectivity index is 1.56. The molecule has 4 nitrogen and oxygen atoms in total. The van der Waals surface area contributed by atoms with Crippen LogP contribution >= 0.6 is 0 Å². The van der Waals surface area contributed by atoms with E-state index in [1.165, 1.54) is 13.0 Å². The van der Waals surface area contributed by atoms with E-state index in [2.05, 4.69) is 17.3 Å². The summed E-state index contributed by atoms with van der Waals surface area (Å²) in [5, 5.41) is 13.2. The van der Waals surface area contributed by atoms with Crippen LogP contribution in [0.25, 0.3) is 0 Å². The van der Waals surface area contributed by atoms with E-state index in [-0.39, 0.29) is 0 Å². The minimum Gasteiger partial charge on any atom is -0.491 e. The molecule has 1 fully saturated rings. The summed E-state index contributed by atoms with van der Waals surface area (Å²) in [6.07, 6.45) is 0.791. The molecule has 0 radical (unpaired) electrons. The van der Waals surface area contributed by atoms with Crippen LogP contribution in [0.3, 0.4) is 0 Å². The van der Waals surface area contributed by atoms with Crippen molar-refractivity contribution in [2.24, 2.45) is 5.92 Å². The van der Waals surface area contributed by atoms with Gasteiger partial charge in [-0.3, -0.25) is 0 Å². The van der Waals surface area contributed by atoms with Crippen molar-refractivity contribution >= 4 is 0 Å². The smallest absolute Gasteiger partial charge is 0.119 e. The zero-order valence-corrected chi connectivity index (χ0v) is 11.6. The van der Waals surface area contributed by atoms with Gasteiger partial charge in [0.25, 0.3) is 0 Å². The fourth-order valence-electron chi connectivity index (χ4n) is 2.42. The van der Waals surface area contributed by atoms with Crippen molar-refractivity contribution in [1.82, 2.24) is 10.2 Å². The molecule has 0 aliphatic carbocycles. The predicted molar refractivity (Wildman–Crippen MR) is 76.4 cm³/mol. The zero-order valence-electron chi connectivity index (χ0n) is 11.6. The zero-order chi connectivity index (χ0) is 13.5. The van der Waals surface area contributed by atoms with E-state index in [1.807, 2.05) is 30.3 Å².